The maximum atomic E-state index is 12.4. The van der Waals surface area contributed by atoms with Crippen LogP contribution in [-0.2, 0) is 6.42 Å². The van der Waals surface area contributed by atoms with Gasteiger partial charge in [0.05, 0.1) is 6.10 Å². The van der Waals surface area contributed by atoms with Crippen molar-refractivity contribution in [1.29, 1.82) is 0 Å². The molecule has 2 saturated heterocycles. The van der Waals surface area contributed by atoms with Crippen LogP contribution < -0.4 is 5.32 Å². The molecule has 5 nitrogen and oxygen atoms in total. The molecule has 26 heavy (non-hydrogen) atoms. The van der Waals surface area contributed by atoms with E-state index in [0.29, 0.717) is 6.04 Å². The second-order valence-electron chi connectivity index (χ2n) is 7.83. The molecule has 5 heteroatoms. The summed E-state index contributed by atoms with van der Waals surface area (Å²) in [4.78, 5) is 16.7. The van der Waals surface area contributed by atoms with Crippen LogP contribution in [0.5, 0.6) is 0 Å². The van der Waals surface area contributed by atoms with Crippen molar-refractivity contribution in [3.8, 4) is 0 Å². The van der Waals surface area contributed by atoms with Crippen molar-refractivity contribution >= 4 is 6.03 Å². The summed E-state index contributed by atoms with van der Waals surface area (Å²) in [7, 11) is 0. The average Bonchev–Trinajstić information content (AvgIpc) is 2.65. The van der Waals surface area contributed by atoms with E-state index >= 15 is 0 Å². The summed E-state index contributed by atoms with van der Waals surface area (Å²) in [6, 6.07) is 9.16. The summed E-state index contributed by atoms with van der Waals surface area (Å²) in [5.41, 5.74) is 2.62. The number of β-amino-alcohol motifs (C(OH)–C–C–N with tert-alkyl or cyclic N) is 1. The highest BCUT2D eigenvalue weighted by atomic mass is 16.3. The minimum atomic E-state index is -0.168. The van der Waals surface area contributed by atoms with Crippen LogP contribution in [0.3, 0.4) is 0 Å². The molecule has 1 atom stereocenters. The number of rotatable bonds is 5. The monoisotopic (exact) mass is 359 g/mol. The molecule has 2 N–H and O–H groups in total. The number of amides is 2. The van der Waals surface area contributed by atoms with Crippen LogP contribution in [0.25, 0.3) is 0 Å². The molecule has 2 amide bonds. The Bertz CT molecular complexity index is 584. The molecule has 0 saturated carbocycles. The number of nitrogens with zero attached hydrogens (tertiary/aromatic N) is 2. The molecule has 0 unspecified atom stereocenters. The summed E-state index contributed by atoms with van der Waals surface area (Å²) < 4.78 is 0. The van der Waals surface area contributed by atoms with E-state index in [9.17, 15) is 9.90 Å². The maximum absolute atomic E-state index is 12.4. The first kappa shape index (κ1) is 19.2. The van der Waals surface area contributed by atoms with Gasteiger partial charge in [0.25, 0.3) is 0 Å². The van der Waals surface area contributed by atoms with Crippen molar-refractivity contribution < 1.29 is 9.90 Å². The number of carbonyl (C=O) groups excluding carboxylic acids is 1. The number of piperidine rings is 2. The van der Waals surface area contributed by atoms with Crippen molar-refractivity contribution in [3.63, 3.8) is 0 Å². The van der Waals surface area contributed by atoms with Gasteiger partial charge in [-0.2, -0.15) is 0 Å². The fraction of sp³-hybridized carbons (Fsp3) is 0.667. The van der Waals surface area contributed by atoms with Gasteiger partial charge in [-0.25, -0.2) is 4.79 Å². The van der Waals surface area contributed by atoms with Crippen LogP contribution in [0.4, 0.5) is 4.79 Å². The van der Waals surface area contributed by atoms with Crippen molar-refractivity contribution in [1.82, 2.24) is 15.1 Å². The molecular weight excluding hydrogens is 326 g/mol. The quantitative estimate of drug-likeness (QED) is 0.795. The molecule has 0 radical (unpaired) electrons. The Morgan fingerprint density at radius 2 is 2.04 bits per heavy atom. The highest BCUT2D eigenvalue weighted by Gasteiger charge is 2.29. The first-order valence-corrected chi connectivity index (χ1v) is 10.1. The smallest absolute Gasteiger partial charge is 0.317 e. The molecule has 0 bridgehead atoms. The highest BCUT2D eigenvalue weighted by molar-refractivity contribution is 5.74. The molecule has 2 aliphatic rings. The highest BCUT2D eigenvalue weighted by Crippen LogP contribution is 2.21. The molecule has 0 spiro atoms. The summed E-state index contributed by atoms with van der Waals surface area (Å²) in [5, 5.41) is 12.9. The van der Waals surface area contributed by atoms with Crippen molar-refractivity contribution in [2.75, 3.05) is 32.7 Å². The lowest BCUT2D eigenvalue weighted by atomic mass is 9.99. The van der Waals surface area contributed by atoms with Crippen LogP contribution in [0.1, 0.15) is 43.2 Å². The first-order chi connectivity index (χ1) is 12.6. The summed E-state index contributed by atoms with van der Waals surface area (Å²) in [6.07, 6.45) is 5.85. The van der Waals surface area contributed by atoms with E-state index < -0.39 is 0 Å². The van der Waals surface area contributed by atoms with Gasteiger partial charge in [-0.15, -0.1) is 0 Å². The topological polar surface area (TPSA) is 55.8 Å². The Labute approximate surface area is 157 Å². The Morgan fingerprint density at radius 3 is 2.77 bits per heavy atom. The zero-order chi connectivity index (χ0) is 18.4. The number of carbonyl (C=O) groups is 1. The average molecular weight is 360 g/mol. The van der Waals surface area contributed by atoms with Crippen molar-refractivity contribution in [2.24, 2.45) is 0 Å². The van der Waals surface area contributed by atoms with E-state index in [4.69, 9.17) is 0 Å². The molecular formula is C21H33N3O2. The van der Waals surface area contributed by atoms with E-state index in [0.717, 1.165) is 71.2 Å². The Kier molecular flexibility index (Phi) is 6.92. The number of aliphatic hydroxyl groups excluding tert-OH is 1. The van der Waals surface area contributed by atoms with Gasteiger partial charge in [0.15, 0.2) is 0 Å². The standard InChI is InChI=1S/C21H33N3O2/c1-17-5-2-6-18(15-17)7-3-11-22-21(26)23-13-9-19(10-14-23)24-12-4-8-20(25)16-24/h2,5-6,15,19-20,25H,3-4,7-14,16H2,1H3,(H,22,26)/t20-/m1/s1. The van der Waals surface area contributed by atoms with Gasteiger partial charge >= 0.3 is 6.03 Å². The molecule has 3 rings (SSSR count). The second-order valence-corrected chi connectivity index (χ2v) is 7.83. The van der Waals surface area contributed by atoms with Gasteiger partial charge in [0, 0.05) is 32.2 Å². The lowest BCUT2D eigenvalue weighted by molar-refractivity contribution is 0.0292. The number of benzene rings is 1. The molecule has 2 heterocycles. The van der Waals surface area contributed by atoms with E-state index in [1.165, 1.54) is 11.1 Å². The summed E-state index contributed by atoms with van der Waals surface area (Å²) in [6.45, 7) is 6.37. The summed E-state index contributed by atoms with van der Waals surface area (Å²) >= 11 is 0. The number of urea groups is 1. The third-order valence-corrected chi connectivity index (χ3v) is 5.70. The number of hydrogen-bond donors (Lipinski definition) is 2. The number of aryl methyl sites for hydroxylation is 2. The minimum absolute atomic E-state index is 0.0753. The van der Waals surface area contributed by atoms with Crippen LogP contribution >= 0.6 is 0 Å². The molecule has 1 aromatic carbocycles. The zero-order valence-electron chi connectivity index (χ0n) is 16.0. The predicted molar refractivity (Wildman–Crippen MR) is 104 cm³/mol. The number of nitrogens with one attached hydrogen (secondary N) is 1. The lowest BCUT2D eigenvalue weighted by Crippen LogP contribution is -2.52. The van der Waals surface area contributed by atoms with E-state index in [2.05, 4.69) is 41.4 Å². The molecule has 0 aliphatic carbocycles. The van der Waals surface area contributed by atoms with Crippen LogP contribution in [0.15, 0.2) is 24.3 Å². The van der Waals surface area contributed by atoms with Crippen LogP contribution in [-0.4, -0.2) is 65.8 Å². The molecule has 1 aromatic rings. The SMILES string of the molecule is Cc1cccc(CCCNC(=O)N2CCC(N3CCC[C@@H](O)C3)CC2)c1. The van der Waals surface area contributed by atoms with E-state index in [1.54, 1.807) is 0 Å². The van der Waals surface area contributed by atoms with E-state index in [1.807, 2.05) is 4.90 Å². The van der Waals surface area contributed by atoms with Gasteiger partial charge in [0.2, 0.25) is 0 Å². The molecule has 144 valence electrons. The van der Waals surface area contributed by atoms with Crippen molar-refractivity contribution in [2.45, 2.75) is 57.6 Å². The summed E-state index contributed by atoms with van der Waals surface area (Å²) in [5.74, 6) is 0. The Balaban J connectivity index is 1.33. The fourth-order valence-electron chi connectivity index (χ4n) is 4.22. The third kappa shape index (κ3) is 5.45. The van der Waals surface area contributed by atoms with Gasteiger partial charge in [0.1, 0.15) is 0 Å². The largest absolute Gasteiger partial charge is 0.392 e. The third-order valence-electron chi connectivity index (χ3n) is 5.70. The first-order valence-electron chi connectivity index (χ1n) is 10.1. The Hall–Kier alpha value is -1.59. The predicted octanol–water partition coefficient (Wildman–Crippen LogP) is 2.56. The number of likely N-dealkylation sites (tertiary alicyclic amines) is 2. The van der Waals surface area contributed by atoms with Gasteiger partial charge < -0.3 is 15.3 Å². The molecule has 2 aliphatic heterocycles. The van der Waals surface area contributed by atoms with Crippen LogP contribution in [0.2, 0.25) is 0 Å². The molecule has 2 fully saturated rings. The number of aliphatic hydroxyl groups is 1. The fourth-order valence-corrected chi connectivity index (χ4v) is 4.22. The molecule has 0 aromatic heterocycles. The minimum Gasteiger partial charge on any atom is -0.392 e. The van der Waals surface area contributed by atoms with Crippen molar-refractivity contribution in [3.05, 3.63) is 35.4 Å². The number of hydrogen-bond acceptors (Lipinski definition) is 3. The maximum Gasteiger partial charge on any atom is 0.317 e. The van der Waals surface area contributed by atoms with Gasteiger partial charge in [-0.05, 0) is 57.6 Å². The van der Waals surface area contributed by atoms with Gasteiger partial charge in [-0.3, -0.25) is 4.90 Å². The van der Waals surface area contributed by atoms with Crippen LogP contribution in [0, 0.1) is 6.92 Å². The van der Waals surface area contributed by atoms with E-state index in [-0.39, 0.29) is 12.1 Å². The zero-order valence-corrected chi connectivity index (χ0v) is 16.0. The lowest BCUT2D eigenvalue weighted by Gasteiger charge is -2.41. The Morgan fingerprint density at radius 1 is 1.23 bits per heavy atom. The van der Waals surface area contributed by atoms with Gasteiger partial charge in [-0.1, -0.05) is 29.8 Å². The second kappa shape index (κ2) is 9.38. The normalized spacial score (nSPS) is 22.4.